The molecule has 0 bridgehead atoms. The fraction of sp³-hybridized carbons (Fsp3) is 0.286. The summed E-state index contributed by atoms with van der Waals surface area (Å²) in [6.07, 6.45) is 9.09. The molecule has 10 heavy (non-hydrogen) atoms. The molecule has 2 heterocycles. The lowest BCUT2D eigenvalue weighted by atomic mass is 10.2. The average Bonchev–Trinajstić information content (AvgIpc) is 2.05. The van der Waals surface area contributed by atoms with E-state index in [0.717, 1.165) is 0 Å². The number of aliphatic imine (C=N–C) groups is 3. The first-order valence-corrected chi connectivity index (χ1v) is 3.22. The van der Waals surface area contributed by atoms with Gasteiger partial charge in [0.25, 0.3) is 0 Å². The molecule has 1 unspecified atom stereocenters. The molecule has 0 radical (unpaired) electrons. The van der Waals surface area contributed by atoms with Gasteiger partial charge in [-0.25, -0.2) is 0 Å². The summed E-state index contributed by atoms with van der Waals surface area (Å²) in [5.41, 5.74) is 0. The van der Waals surface area contributed by atoms with E-state index in [1.54, 1.807) is 18.6 Å². The van der Waals surface area contributed by atoms with Crippen LogP contribution in [0.15, 0.2) is 27.1 Å². The van der Waals surface area contributed by atoms with Crippen molar-refractivity contribution in [3.63, 3.8) is 0 Å². The highest BCUT2D eigenvalue weighted by Gasteiger charge is 2.17. The molecule has 2 aliphatic heterocycles. The SMILES string of the molecule is C1=C[C@@H]2N=CC=NC2N=C1. The van der Waals surface area contributed by atoms with Crippen LogP contribution in [-0.4, -0.2) is 30.9 Å². The maximum atomic E-state index is 4.18. The van der Waals surface area contributed by atoms with E-state index >= 15 is 0 Å². The van der Waals surface area contributed by atoms with Crippen LogP contribution in [0.1, 0.15) is 0 Å². The Morgan fingerprint density at radius 2 is 1.70 bits per heavy atom. The normalized spacial score (nSPS) is 34.4. The Balaban J connectivity index is 2.28. The maximum absolute atomic E-state index is 4.18. The molecule has 0 aromatic heterocycles. The van der Waals surface area contributed by atoms with Crippen molar-refractivity contribution in [3.05, 3.63) is 12.2 Å². The summed E-state index contributed by atoms with van der Waals surface area (Å²) in [5.74, 6) is 0. The molecule has 0 fully saturated rings. The first kappa shape index (κ1) is 5.53. The molecule has 0 aliphatic carbocycles. The predicted molar refractivity (Wildman–Crippen MR) is 42.2 cm³/mol. The van der Waals surface area contributed by atoms with Crippen molar-refractivity contribution in [2.24, 2.45) is 15.0 Å². The van der Waals surface area contributed by atoms with E-state index in [0.29, 0.717) is 0 Å². The number of hydrogen-bond acceptors (Lipinski definition) is 3. The molecule has 0 saturated heterocycles. The topological polar surface area (TPSA) is 37.1 Å². The van der Waals surface area contributed by atoms with E-state index < -0.39 is 0 Å². The minimum atomic E-state index is 0.00926. The minimum absolute atomic E-state index is 0.00926. The minimum Gasteiger partial charge on any atom is -0.280 e. The summed E-state index contributed by atoms with van der Waals surface area (Å²) in [6.45, 7) is 0. The molecule has 0 amide bonds. The van der Waals surface area contributed by atoms with E-state index in [1.165, 1.54) is 0 Å². The van der Waals surface area contributed by atoms with Gasteiger partial charge in [0.05, 0.1) is 0 Å². The van der Waals surface area contributed by atoms with Crippen molar-refractivity contribution in [3.8, 4) is 0 Å². The zero-order chi connectivity index (χ0) is 6.81. The third kappa shape index (κ3) is 0.795. The molecule has 2 rings (SSSR count). The summed E-state index contributed by atoms with van der Waals surface area (Å²) in [6, 6.07) is 0.148. The molecule has 0 aromatic carbocycles. The Morgan fingerprint density at radius 3 is 2.60 bits per heavy atom. The van der Waals surface area contributed by atoms with Crippen LogP contribution in [0, 0.1) is 0 Å². The van der Waals surface area contributed by atoms with Gasteiger partial charge in [0.15, 0.2) is 6.17 Å². The Bertz CT molecular complexity index is 187. The van der Waals surface area contributed by atoms with Crippen molar-refractivity contribution in [1.29, 1.82) is 0 Å². The van der Waals surface area contributed by atoms with Crippen LogP contribution in [-0.2, 0) is 0 Å². The summed E-state index contributed by atoms with van der Waals surface area (Å²) in [4.78, 5) is 12.4. The highest BCUT2D eigenvalue weighted by molar-refractivity contribution is 6.16. The van der Waals surface area contributed by atoms with Crippen LogP contribution in [0.4, 0.5) is 0 Å². The fourth-order valence-corrected chi connectivity index (χ4v) is 1.01. The molecule has 3 nitrogen and oxygen atoms in total. The van der Waals surface area contributed by atoms with Gasteiger partial charge in [-0.2, -0.15) is 0 Å². The van der Waals surface area contributed by atoms with Crippen molar-refractivity contribution in [1.82, 2.24) is 0 Å². The number of allylic oxidation sites excluding steroid dienone is 1. The summed E-state index contributed by atoms with van der Waals surface area (Å²) < 4.78 is 0. The van der Waals surface area contributed by atoms with Crippen molar-refractivity contribution < 1.29 is 0 Å². The second kappa shape index (κ2) is 2.17. The molecule has 2 atom stereocenters. The summed E-state index contributed by atoms with van der Waals surface area (Å²) >= 11 is 0. The number of nitrogens with zero attached hydrogens (tertiary/aromatic N) is 3. The van der Waals surface area contributed by atoms with Gasteiger partial charge in [-0.3, -0.25) is 15.0 Å². The van der Waals surface area contributed by atoms with E-state index in [-0.39, 0.29) is 12.2 Å². The number of hydrogen-bond donors (Lipinski definition) is 0. The van der Waals surface area contributed by atoms with Gasteiger partial charge in [-0.15, -0.1) is 0 Å². The van der Waals surface area contributed by atoms with E-state index in [4.69, 9.17) is 0 Å². The van der Waals surface area contributed by atoms with E-state index in [1.807, 2.05) is 12.2 Å². The summed E-state index contributed by atoms with van der Waals surface area (Å²) in [7, 11) is 0. The van der Waals surface area contributed by atoms with Gasteiger partial charge in [-0.1, -0.05) is 6.08 Å². The first-order chi connectivity index (χ1) is 4.97. The van der Waals surface area contributed by atoms with Gasteiger partial charge < -0.3 is 0 Å². The third-order valence-electron chi connectivity index (χ3n) is 1.50. The highest BCUT2D eigenvalue weighted by Crippen LogP contribution is 2.11. The zero-order valence-corrected chi connectivity index (χ0v) is 5.38. The lowest BCUT2D eigenvalue weighted by Crippen LogP contribution is -2.24. The smallest absolute Gasteiger partial charge is 0.165 e. The number of rotatable bonds is 0. The fourth-order valence-electron chi connectivity index (χ4n) is 1.01. The lowest BCUT2D eigenvalue weighted by molar-refractivity contribution is 0.628. The van der Waals surface area contributed by atoms with Crippen LogP contribution in [0.3, 0.4) is 0 Å². The first-order valence-electron chi connectivity index (χ1n) is 3.22. The van der Waals surface area contributed by atoms with Crippen LogP contribution in [0.5, 0.6) is 0 Å². The maximum Gasteiger partial charge on any atom is 0.165 e. The Morgan fingerprint density at radius 1 is 0.900 bits per heavy atom. The van der Waals surface area contributed by atoms with E-state index in [9.17, 15) is 0 Å². The number of dihydropyridines is 1. The van der Waals surface area contributed by atoms with Crippen LogP contribution in [0.2, 0.25) is 0 Å². The highest BCUT2D eigenvalue weighted by atomic mass is 15.1. The van der Waals surface area contributed by atoms with Crippen LogP contribution in [0.25, 0.3) is 0 Å². The molecule has 0 spiro atoms. The molecule has 3 heteroatoms. The molecule has 0 aromatic rings. The Kier molecular flexibility index (Phi) is 1.20. The average molecular weight is 133 g/mol. The predicted octanol–water partition coefficient (Wildman–Crippen LogP) is 0.477. The number of fused-ring (bicyclic) bond motifs is 1. The van der Waals surface area contributed by atoms with Crippen molar-refractivity contribution in [2.45, 2.75) is 12.2 Å². The van der Waals surface area contributed by atoms with Crippen molar-refractivity contribution in [2.75, 3.05) is 0 Å². The van der Waals surface area contributed by atoms with Gasteiger partial charge >= 0.3 is 0 Å². The van der Waals surface area contributed by atoms with Gasteiger partial charge in [0, 0.05) is 18.6 Å². The molecule has 50 valence electrons. The van der Waals surface area contributed by atoms with Crippen molar-refractivity contribution >= 4 is 18.6 Å². The molecular weight excluding hydrogens is 126 g/mol. The Hall–Kier alpha value is -1.25. The molecular formula is C7H7N3. The van der Waals surface area contributed by atoms with Gasteiger partial charge in [0.1, 0.15) is 6.04 Å². The van der Waals surface area contributed by atoms with E-state index in [2.05, 4.69) is 15.0 Å². The largest absolute Gasteiger partial charge is 0.280 e. The third-order valence-corrected chi connectivity index (χ3v) is 1.50. The van der Waals surface area contributed by atoms with Crippen LogP contribution >= 0.6 is 0 Å². The van der Waals surface area contributed by atoms with Gasteiger partial charge in [0.2, 0.25) is 0 Å². The molecule has 2 aliphatic rings. The second-order valence-corrected chi connectivity index (χ2v) is 2.18. The molecule has 0 saturated carbocycles. The zero-order valence-electron chi connectivity index (χ0n) is 5.38. The lowest BCUT2D eigenvalue weighted by Gasteiger charge is -2.17. The Labute approximate surface area is 58.9 Å². The molecule has 0 N–H and O–H groups in total. The standard InChI is InChI=1S/C7H7N3/c1-2-6-7(9-3-1)10-5-4-8-6/h1-7H/t6-,7?/m0/s1. The quantitative estimate of drug-likeness (QED) is 0.461. The monoisotopic (exact) mass is 133 g/mol. The van der Waals surface area contributed by atoms with Gasteiger partial charge in [-0.05, 0) is 6.08 Å². The van der Waals surface area contributed by atoms with Crippen LogP contribution < -0.4 is 0 Å². The second-order valence-electron chi connectivity index (χ2n) is 2.18. The summed E-state index contributed by atoms with van der Waals surface area (Å²) in [5, 5.41) is 0.